The van der Waals surface area contributed by atoms with Gasteiger partial charge in [-0.1, -0.05) is 0 Å². The van der Waals surface area contributed by atoms with Gasteiger partial charge in [-0.25, -0.2) is 24.3 Å². The average Bonchev–Trinajstić information content (AvgIpc) is 3.48. The number of hydrogen-bond acceptors (Lipinski definition) is 6. The first-order chi connectivity index (χ1) is 14.4. The van der Waals surface area contributed by atoms with Gasteiger partial charge in [-0.15, -0.1) is 0 Å². The quantitative estimate of drug-likeness (QED) is 0.216. The smallest absolute Gasteiger partial charge is 0.508 e. The normalized spacial score (nSPS) is 8.52. The topological polar surface area (TPSA) is 127 Å². The van der Waals surface area contributed by atoms with Crippen molar-refractivity contribution < 1.29 is 46.3 Å². The molecule has 0 fully saturated rings. The van der Waals surface area contributed by atoms with E-state index in [-0.39, 0.29) is 49.1 Å². The Labute approximate surface area is 198 Å². The molecule has 0 saturated heterocycles. The summed E-state index contributed by atoms with van der Waals surface area (Å²) >= 11 is 0. The largest absolute Gasteiger partial charge is 2.00 e. The van der Waals surface area contributed by atoms with E-state index in [1.54, 1.807) is 0 Å². The Hall–Kier alpha value is -3.58. The van der Waals surface area contributed by atoms with Crippen LogP contribution >= 0.6 is 0 Å². The van der Waals surface area contributed by atoms with Crippen LogP contribution < -0.4 is 0 Å². The van der Waals surface area contributed by atoms with Crippen molar-refractivity contribution in [1.82, 2.24) is 0 Å². The molecule has 0 spiro atoms. The second-order valence-electron chi connectivity index (χ2n) is 5.47. The van der Waals surface area contributed by atoms with Crippen molar-refractivity contribution in [2.24, 2.45) is 0 Å². The molecule has 0 aliphatic heterocycles. The Morgan fingerprint density at radius 3 is 1.00 bits per heavy atom. The summed E-state index contributed by atoms with van der Waals surface area (Å²) in [7, 11) is 0. The Balaban J connectivity index is 0.000000401. The molecule has 4 rings (SSSR count). The van der Waals surface area contributed by atoms with Gasteiger partial charge in [0.15, 0.2) is 0 Å². The predicted octanol–water partition coefficient (Wildman–Crippen LogP) is 5.41. The van der Waals surface area contributed by atoms with E-state index in [0.29, 0.717) is 0 Å². The number of nitro groups is 2. The summed E-state index contributed by atoms with van der Waals surface area (Å²) in [5.74, 6) is 0.0659. The van der Waals surface area contributed by atoms with Crippen molar-refractivity contribution in [3.63, 3.8) is 0 Å². The number of nitro benzene ring substituents is 2. The number of phenolic OH excluding ortho intramolecular Hbond substituents is 2. The van der Waals surface area contributed by atoms with E-state index < -0.39 is 9.85 Å². The Morgan fingerprint density at radius 1 is 0.581 bits per heavy atom. The van der Waals surface area contributed by atoms with Gasteiger partial charge in [0.1, 0.15) is 11.5 Å². The van der Waals surface area contributed by atoms with Crippen LogP contribution in [0.4, 0.5) is 11.4 Å². The number of nitrogens with zero attached hydrogens (tertiary/aromatic N) is 2. The molecule has 4 aromatic carbocycles. The molecule has 158 valence electrons. The molecule has 0 heterocycles. The molecule has 0 saturated carbocycles. The van der Waals surface area contributed by atoms with Crippen molar-refractivity contribution >= 4 is 11.4 Å². The van der Waals surface area contributed by atoms with Crippen LogP contribution in [0.1, 0.15) is 0 Å². The molecular formula is C22H20N2O6Zr. The van der Waals surface area contributed by atoms with E-state index in [4.69, 9.17) is 10.2 Å². The van der Waals surface area contributed by atoms with Crippen molar-refractivity contribution in [2.75, 3.05) is 0 Å². The summed E-state index contributed by atoms with van der Waals surface area (Å²) in [5.41, 5.74) is -0.0319. The first kappa shape index (κ1) is 27.4. The second-order valence-corrected chi connectivity index (χ2v) is 5.47. The van der Waals surface area contributed by atoms with Gasteiger partial charge in [0.05, 0.1) is 9.85 Å². The minimum absolute atomic E-state index is 0. The maximum atomic E-state index is 10.0. The van der Waals surface area contributed by atoms with Crippen LogP contribution in [0.2, 0.25) is 0 Å². The van der Waals surface area contributed by atoms with Crippen LogP contribution in [-0.2, 0) is 26.2 Å². The summed E-state index contributed by atoms with van der Waals surface area (Å²) < 4.78 is 0. The van der Waals surface area contributed by atoms with Crippen LogP contribution in [0.5, 0.6) is 11.5 Å². The number of rotatable bonds is 2. The van der Waals surface area contributed by atoms with Crippen molar-refractivity contribution in [3.8, 4) is 11.5 Å². The van der Waals surface area contributed by atoms with Gasteiger partial charge in [0.25, 0.3) is 11.4 Å². The predicted molar refractivity (Wildman–Crippen MR) is 114 cm³/mol. The second kappa shape index (κ2) is 16.2. The molecule has 0 bridgehead atoms. The summed E-state index contributed by atoms with van der Waals surface area (Å²) in [6.07, 6.45) is 0. The molecule has 8 nitrogen and oxygen atoms in total. The van der Waals surface area contributed by atoms with Crippen LogP contribution in [0.15, 0.2) is 109 Å². The van der Waals surface area contributed by atoms with E-state index in [9.17, 15) is 20.2 Å². The molecular weight excluding hydrogens is 479 g/mol. The minimum Gasteiger partial charge on any atom is -0.508 e. The molecule has 0 atom stereocenters. The van der Waals surface area contributed by atoms with Crippen LogP contribution in [0.25, 0.3) is 0 Å². The van der Waals surface area contributed by atoms with E-state index >= 15 is 0 Å². The molecule has 0 amide bonds. The molecule has 0 aliphatic carbocycles. The van der Waals surface area contributed by atoms with E-state index in [1.807, 2.05) is 60.7 Å². The van der Waals surface area contributed by atoms with Gasteiger partial charge in [0.2, 0.25) is 0 Å². The maximum Gasteiger partial charge on any atom is 2.00 e. The fraction of sp³-hybridized carbons (Fsp3) is 0. The van der Waals surface area contributed by atoms with E-state index in [2.05, 4.69) is 0 Å². The molecule has 0 aromatic heterocycles. The zero-order valence-corrected chi connectivity index (χ0v) is 18.8. The number of aromatic hydroxyl groups is 2. The first-order valence-electron chi connectivity index (χ1n) is 8.60. The van der Waals surface area contributed by atoms with Crippen molar-refractivity contribution in [3.05, 3.63) is 129 Å². The van der Waals surface area contributed by atoms with Crippen LogP contribution in [-0.4, -0.2) is 20.1 Å². The van der Waals surface area contributed by atoms with Gasteiger partial charge in [-0.2, -0.15) is 36.4 Å². The Kier molecular flexibility index (Phi) is 14.4. The van der Waals surface area contributed by atoms with Crippen molar-refractivity contribution in [2.45, 2.75) is 0 Å². The molecule has 4 aromatic rings. The molecule has 2 N–H and O–H groups in total. The van der Waals surface area contributed by atoms with Crippen molar-refractivity contribution in [1.29, 1.82) is 0 Å². The Morgan fingerprint density at radius 2 is 0.839 bits per heavy atom. The first-order valence-corrected chi connectivity index (χ1v) is 8.60. The average molecular weight is 500 g/mol. The number of hydrogen-bond donors (Lipinski definition) is 2. The van der Waals surface area contributed by atoms with E-state index in [1.165, 1.54) is 48.5 Å². The van der Waals surface area contributed by atoms with Crippen LogP contribution in [0.3, 0.4) is 0 Å². The fourth-order valence-corrected chi connectivity index (χ4v) is 1.79. The minimum atomic E-state index is -0.514. The third-order valence-corrected chi connectivity index (χ3v) is 3.23. The molecule has 0 radical (unpaired) electrons. The summed E-state index contributed by atoms with van der Waals surface area (Å²) in [6.45, 7) is 0. The summed E-state index contributed by atoms with van der Waals surface area (Å²) in [4.78, 5) is 19.0. The van der Waals surface area contributed by atoms with Crippen LogP contribution in [0, 0.1) is 20.2 Å². The maximum absolute atomic E-state index is 10.0. The van der Waals surface area contributed by atoms with Gasteiger partial charge in [-0.3, -0.25) is 20.2 Å². The van der Waals surface area contributed by atoms with Gasteiger partial charge >= 0.3 is 26.2 Å². The molecule has 0 unspecified atom stereocenters. The third-order valence-electron chi connectivity index (χ3n) is 3.23. The fourth-order valence-electron chi connectivity index (χ4n) is 1.79. The zero-order valence-electron chi connectivity index (χ0n) is 16.3. The molecule has 31 heavy (non-hydrogen) atoms. The number of non-ortho nitro benzene ring substituents is 2. The number of benzene rings is 2. The monoisotopic (exact) mass is 498 g/mol. The molecule has 0 aliphatic rings. The van der Waals surface area contributed by atoms with Gasteiger partial charge in [0, 0.05) is 24.3 Å². The summed E-state index contributed by atoms with van der Waals surface area (Å²) in [6, 6.07) is 30.1. The standard InChI is InChI=1S/2C6H5NO3.2C5H5.Zr/c2*8-6-3-1-5(2-4-6)7(9)10;2*1-2-4-5-3-1;/h2*1-4,8H;2*1-5H;/q;;2*-1;+2. The third kappa shape index (κ3) is 13.3. The zero-order chi connectivity index (χ0) is 22.2. The Bertz CT molecular complexity index is 838. The summed E-state index contributed by atoms with van der Waals surface area (Å²) in [5, 5.41) is 37.5. The van der Waals surface area contributed by atoms with Gasteiger partial charge < -0.3 is 10.2 Å². The van der Waals surface area contributed by atoms with E-state index in [0.717, 1.165) is 0 Å². The van der Waals surface area contributed by atoms with Gasteiger partial charge in [-0.05, 0) is 24.3 Å². The number of phenols is 2. The molecule has 9 heteroatoms. The SMILES string of the molecule is O=[N+]([O-])c1ccc(O)cc1.O=[N+]([O-])c1ccc(O)cc1.[Zr+2].c1cc[cH-]c1.c1cc[cH-]c1.